The molecule has 20 heavy (non-hydrogen) atoms. The van der Waals surface area contributed by atoms with E-state index in [2.05, 4.69) is 9.46 Å². The third-order valence-corrected chi connectivity index (χ3v) is 3.87. The quantitative estimate of drug-likeness (QED) is 0.795. The average Bonchev–Trinajstić information content (AvgIpc) is 2.45. The Morgan fingerprint density at radius 3 is 2.15 bits per heavy atom. The Balaban J connectivity index is 3.42. The van der Waals surface area contributed by atoms with Crippen molar-refractivity contribution in [3.63, 3.8) is 0 Å². The molecule has 0 aliphatic rings. The third-order valence-electron chi connectivity index (χ3n) is 2.57. The van der Waals surface area contributed by atoms with Gasteiger partial charge in [0.25, 0.3) is 0 Å². The molecule has 0 heterocycles. The first kappa shape index (κ1) is 16.1. The van der Waals surface area contributed by atoms with E-state index in [1.807, 2.05) is 0 Å². The van der Waals surface area contributed by atoms with Crippen LogP contribution in [-0.2, 0) is 14.8 Å². The topological polar surface area (TPSA) is 90.9 Å². The fraction of sp³-hybridized carbons (Fsp3) is 0.417. The van der Waals surface area contributed by atoms with E-state index in [1.165, 1.54) is 40.4 Å². The highest BCUT2D eigenvalue weighted by atomic mass is 32.2. The molecule has 7 nitrogen and oxygen atoms in total. The Morgan fingerprint density at radius 2 is 1.70 bits per heavy atom. The van der Waals surface area contributed by atoms with Crippen LogP contribution in [0.4, 0.5) is 5.69 Å². The van der Waals surface area contributed by atoms with Crippen LogP contribution in [0, 0.1) is 0 Å². The summed E-state index contributed by atoms with van der Waals surface area (Å²) in [6.45, 7) is 1.49. The van der Waals surface area contributed by atoms with Crippen LogP contribution >= 0.6 is 0 Å². The first-order valence-corrected chi connectivity index (χ1v) is 7.38. The lowest BCUT2D eigenvalue weighted by molar-refractivity contribution is 0.0601. The van der Waals surface area contributed by atoms with E-state index in [9.17, 15) is 13.2 Å². The Bertz CT molecular complexity index is 596. The van der Waals surface area contributed by atoms with E-state index in [-0.39, 0.29) is 17.0 Å². The maximum atomic E-state index is 11.7. The number of hydrogen-bond acceptors (Lipinski definition) is 6. The van der Waals surface area contributed by atoms with Gasteiger partial charge < -0.3 is 14.2 Å². The molecular weight excluding hydrogens is 286 g/mol. The smallest absolute Gasteiger partial charge is 0.340 e. The first-order chi connectivity index (χ1) is 9.38. The van der Waals surface area contributed by atoms with Crippen molar-refractivity contribution < 1.29 is 27.4 Å². The van der Waals surface area contributed by atoms with Gasteiger partial charge in [-0.3, -0.25) is 4.72 Å². The normalized spacial score (nSPS) is 10.8. The molecule has 0 aliphatic carbocycles. The lowest BCUT2D eigenvalue weighted by Crippen LogP contribution is -2.17. The van der Waals surface area contributed by atoms with Gasteiger partial charge in [0, 0.05) is 12.1 Å². The lowest BCUT2D eigenvalue weighted by atomic mass is 10.1. The predicted octanol–water partition coefficient (Wildman–Crippen LogP) is 1.25. The summed E-state index contributed by atoms with van der Waals surface area (Å²) in [4.78, 5) is 11.7. The summed E-state index contributed by atoms with van der Waals surface area (Å²) in [6, 6.07) is 2.73. The van der Waals surface area contributed by atoms with E-state index in [1.54, 1.807) is 0 Å². The molecule has 0 aromatic heterocycles. The molecule has 112 valence electrons. The van der Waals surface area contributed by atoms with Crippen molar-refractivity contribution in [1.82, 2.24) is 0 Å². The number of ether oxygens (including phenoxy) is 3. The van der Waals surface area contributed by atoms with Crippen LogP contribution in [0.15, 0.2) is 12.1 Å². The summed E-state index contributed by atoms with van der Waals surface area (Å²) in [6.07, 6.45) is 0. The minimum Gasteiger partial charge on any atom is -0.493 e. The number of benzene rings is 1. The van der Waals surface area contributed by atoms with Gasteiger partial charge in [0.15, 0.2) is 11.5 Å². The molecule has 0 amide bonds. The molecule has 1 rings (SSSR count). The Morgan fingerprint density at radius 1 is 1.15 bits per heavy atom. The molecule has 0 radical (unpaired) electrons. The van der Waals surface area contributed by atoms with Gasteiger partial charge in [-0.2, -0.15) is 0 Å². The number of sulfonamides is 1. The molecule has 0 unspecified atom stereocenters. The Hall–Kier alpha value is -1.96. The van der Waals surface area contributed by atoms with Gasteiger partial charge >= 0.3 is 5.97 Å². The van der Waals surface area contributed by atoms with Gasteiger partial charge in [0.05, 0.1) is 38.3 Å². The van der Waals surface area contributed by atoms with Crippen LogP contribution in [-0.4, -0.2) is 41.5 Å². The molecule has 0 saturated heterocycles. The fourth-order valence-corrected chi connectivity index (χ4v) is 2.13. The number of nitrogens with one attached hydrogen (secondary N) is 1. The number of carbonyl (C=O) groups is 1. The molecule has 8 heteroatoms. The molecule has 1 N–H and O–H groups in total. The zero-order valence-corrected chi connectivity index (χ0v) is 12.5. The molecule has 0 aliphatic heterocycles. The van der Waals surface area contributed by atoms with Crippen molar-refractivity contribution in [3.05, 3.63) is 17.7 Å². The molecule has 0 bridgehead atoms. The van der Waals surface area contributed by atoms with Crippen molar-refractivity contribution in [3.8, 4) is 11.5 Å². The zero-order valence-electron chi connectivity index (χ0n) is 11.7. The first-order valence-electron chi connectivity index (χ1n) is 5.73. The Labute approximate surface area is 117 Å². The summed E-state index contributed by atoms with van der Waals surface area (Å²) >= 11 is 0. The average molecular weight is 303 g/mol. The van der Waals surface area contributed by atoms with E-state index >= 15 is 0 Å². The maximum Gasteiger partial charge on any atom is 0.340 e. The fourth-order valence-electron chi connectivity index (χ4n) is 1.48. The van der Waals surface area contributed by atoms with Gasteiger partial charge in [-0.25, -0.2) is 13.2 Å². The molecule has 0 atom stereocenters. The van der Waals surface area contributed by atoms with E-state index in [0.717, 1.165) is 0 Å². The van der Waals surface area contributed by atoms with Gasteiger partial charge in [0.2, 0.25) is 10.0 Å². The maximum absolute atomic E-state index is 11.7. The van der Waals surface area contributed by atoms with E-state index in [4.69, 9.17) is 9.47 Å². The van der Waals surface area contributed by atoms with Gasteiger partial charge in [-0.1, -0.05) is 0 Å². The van der Waals surface area contributed by atoms with E-state index in [0.29, 0.717) is 11.5 Å². The minimum atomic E-state index is -3.54. The summed E-state index contributed by atoms with van der Waals surface area (Å²) in [7, 11) is 0.492. The lowest BCUT2D eigenvalue weighted by Gasteiger charge is -2.14. The van der Waals surface area contributed by atoms with Gasteiger partial charge in [-0.05, 0) is 6.92 Å². The van der Waals surface area contributed by atoms with Gasteiger partial charge in [-0.15, -0.1) is 0 Å². The summed E-state index contributed by atoms with van der Waals surface area (Å²) in [5, 5.41) is 0. The van der Waals surface area contributed by atoms with Crippen molar-refractivity contribution in [2.45, 2.75) is 6.92 Å². The molecule has 1 aromatic rings. The minimum absolute atomic E-state index is 0.0437. The molecule has 1 aromatic carbocycles. The van der Waals surface area contributed by atoms with Crippen molar-refractivity contribution in [2.24, 2.45) is 0 Å². The summed E-state index contributed by atoms with van der Waals surface area (Å²) < 4.78 is 40.4. The van der Waals surface area contributed by atoms with E-state index < -0.39 is 16.0 Å². The molecule has 0 saturated carbocycles. The number of methoxy groups -OCH3 is 3. The summed E-state index contributed by atoms with van der Waals surface area (Å²) in [5.74, 6) is -0.205. The van der Waals surface area contributed by atoms with Crippen LogP contribution in [0.1, 0.15) is 17.3 Å². The highest BCUT2D eigenvalue weighted by molar-refractivity contribution is 7.92. The van der Waals surface area contributed by atoms with Gasteiger partial charge in [0.1, 0.15) is 0 Å². The number of hydrogen-bond donors (Lipinski definition) is 1. The van der Waals surface area contributed by atoms with Crippen LogP contribution in [0.3, 0.4) is 0 Å². The number of esters is 1. The summed E-state index contributed by atoms with van der Waals surface area (Å²) in [5.41, 5.74) is 0.124. The second-order valence-electron chi connectivity index (χ2n) is 3.75. The van der Waals surface area contributed by atoms with Crippen molar-refractivity contribution in [1.29, 1.82) is 0 Å². The molecule has 0 fully saturated rings. The van der Waals surface area contributed by atoms with Crippen LogP contribution < -0.4 is 14.2 Å². The van der Waals surface area contributed by atoms with Crippen molar-refractivity contribution in [2.75, 3.05) is 31.8 Å². The zero-order chi connectivity index (χ0) is 15.3. The third kappa shape index (κ3) is 3.53. The molecular formula is C12H17NO6S. The van der Waals surface area contributed by atoms with Crippen LogP contribution in [0.2, 0.25) is 0 Å². The Kier molecular flexibility index (Phi) is 5.20. The SMILES string of the molecule is CCS(=O)(=O)Nc1cc(OC)c(OC)cc1C(=O)OC. The number of carbonyl (C=O) groups excluding carboxylic acids is 1. The second kappa shape index (κ2) is 6.47. The highest BCUT2D eigenvalue weighted by Gasteiger charge is 2.20. The molecule has 0 spiro atoms. The van der Waals surface area contributed by atoms with Crippen molar-refractivity contribution >= 4 is 21.7 Å². The standard InChI is InChI=1S/C12H17NO6S/c1-5-20(15,16)13-9-7-11(18-3)10(17-2)6-8(9)12(14)19-4/h6-7,13H,5H2,1-4H3. The second-order valence-corrected chi connectivity index (χ2v) is 5.76. The largest absolute Gasteiger partial charge is 0.493 e. The van der Waals surface area contributed by atoms with Crippen LogP contribution in [0.25, 0.3) is 0 Å². The number of rotatable bonds is 6. The predicted molar refractivity (Wildman–Crippen MR) is 74.0 cm³/mol. The monoisotopic (exact) mass is 303 g/mol. The number of anilines is 1. The highest BCUT2D eigenvalue weighted by Crippen LogP contribution is 2.34. The van der Waals surface area contributed by atoms with Crippen LogP contribution in [0.5, 0.6) is 11.5 Å².